The highest BCUT2D eigenvalue weighted by atomic mass is 32.1. The van der Waals surface area contributed by atoms with E-state index in [1.807, 2.05) is 11.4 Å². The molecule has 3 nitrogen and oxygen atoms in total. The molecule has 2 saturated carbocycles. The van der Waals surface area contributed by atoms with Gasteiger partial charge in [0.15, 0.2) is 0 Å². The van der Waals surface area contributed by atoms with Crippen molar-refractivity contribution in [3.8, 4) is 0 Å². The molecule has 4 heteroatoms. The SMILES string of the molecule is CC1(C)C2CCC1(C)C(OCc1ccsc1C(=O)O)C2. The number of hydrogen-bond acceptors (Lipinski definition) is 3. The van der Waals surface area contributed by atoms with Crippen LogP contribution in [0.2, 0.25) is 0 Å². The fourth-order valence-corrected chi connectivity index (χ4v) is 4.96. The molecule has 1 N–H and O–H groups in total. The van der Waals surface area contributed by atoms with E-state index in [4.69, 9.17) is 9.84 Å². The summed E-state index contributed by atoms with van der Waals surface area (Å²) in [6, 6.07) is 1.87. The van der Waals surface area contributed by atoms with E-state index >= 15 is 0 Å². The first kappa shape index (κ1) is 14.1. The van der Waals surface area contributed by atoms with Crippen LogP contribution in [0, 0.1) is 16.7 Å². The molecule has 0 radical (unpaired) electrons. The summed E-state index contributed by atoms with van der Waals surface area (Å²) >= 11 is 1.27. The van der Waals surface area contributed by atoms with Crippen molar-refractivity contribution < 1.29 is 14.6 Å². The molecular weight excluding hydrogens is 272 g/mol. The van der Waals surface area contributed by atoms with Crippen molar-refractivity contribution >= 4 is 17.3 Å². The maximum absolute atomic E-state index is 11.1. The Bertz CT molecular complexity index is 534. The molecule has 0 aromatic carbocycles. The third-order valence-corrected chi connectivity index (χ3v) is 7.04. The topological polar surface area (TPSA) is 46.5 Å². The average Bonchev–Trinajstić information content (AvgIpc) is 2.98. The first-order valence-electron chi connectivity index (χ1n) is 7.27. The Labute approximate surface area is 124 Å². The molecule has 2 aliphatic carbocycles. The second kappa shape index (κ2) is 4.57. The van der Waals surface area contributed by atoms with Crippen LogP contribution in [0.25, 0.3) is 0 Å². The van der Waals surface area contributed by atoms with Gasteiger partial charge in [-0.2, -0.15) is 0 Å². The second-order valence-electron chi connectivity index (χ2n) is 6.99. The summed E-state index contributed by atoms with van der Waals surface area (Å²) in [6.45, 7) is 7.49. The number of hydrogen-bond donors (Lipinski definition) is 1. The Morgan fingerprint density at radius 2 is 2.25 bits per heavy atom. The Hall–Kier alpha value is -0.870. The zero-order valence-electron chi connectivity index (χ0n) is 12.3. The standard InChI is InChI=1S/C16H22O3S/c1-15(2)11-4-6-16(15,3)12(8-11)19-9-10-5-7-20-13(10)14(17)18/h5,7,11-12H,4,6,8-9H2,1-3H3,(H,17,18). The Kier molecular flexibility index (Phi) is 3.22. The predicted octanol–water partition coefficient (Wildman–Crippen LogP) is 4.18. The van der Waals surface area contributed by atoms with Crippen LogP contribution in [0.4, 0.5) is 0 Å². The van der Waals surface area contributed by atoms with Crippen molar-refractivity contribution in [1.29, 1.82) is 0 Å². The summed E-state index contributed by atoms with van der Waals surface area (Å²) in [5, 5.41) is 11.0. The second-order valence-corrected chi connectivity index (χ2v) is 7.91. The number of carboxylic acid groups (broad SMARTS) is 1. The minimum Gasteiger partial charge on any atom is -0.477 e. The predicted molar refractivity (Wildman–Crippen MR) is 79.1 cm³/mol. The van der Waals surface area contributed by atoms with Gasteiger partial charge in [0.1, 0.15) is 4.88 Å². The Balaban J connectivity index is 1.71. The largest absolute Gasteiger partial charge is 0.477 e. The van der Waals surface area contributed by atoms with E-state index in [9.17, 15) is 4.79 Å². The van der Waals surface area contributed by atoms with Crippen LogP contribution in [0.1, 0.15) is 55.3 Å². The quantitative estimate of drug-likeness (QED) is 0.906. The lowest BCUT2D eigenvalue weighted by atomic mass is 9.70. The fourth-order valence-electron chi connectivity index (χ4n) is 4.21. The van der Waals surface area contributed by atoms with E-state index < -0.39 is 5.97 Å². The van der Waals surface area contributed by atoms with E-state index in [-0.39, 0.29) is 11.5 Å². The lowest BCUT2D eigenvalue weighted by molar-refractivity contribution is -0.0551. The molecule has 1 aromatic heterocycles. The molecule has 2 aliphatic rings. The van der Waals surface area contributed by atoms with Gasteiger partial charge in [0, 0.05) is 5.56 Å². The van der Waals surface area contributed by atoms with Crippen molar-refractivity contribution in [2.24, 2.45) is 16.7 Å². The van der Waals surface area contributed by atoms with Gasteiger partial charge < -0.3 is 9.84 Å². The molecule has 3 atom stereocenters. The average molecular weight is 294 g/mol. The summed E-state index contributed by atoms with van der Waals surface area (Å²) in [7, 11) is 0. The molecule has 110 valence electrons. The van der Waals surface area contributed by atoms with Crippen LogP contribution >= 0.6 is 11.3 Å². The normalized spacial score (nSPS) is 34.5. The van der Waals surface area contributed by atoms with Crippen LogP contribution in [-0.4, -0.2) is 17.2 Å². The highest BCUT2D eigenvalue weighted by Crippen LogP contribution is 2.66. The van der Waals surface area contributed by atoms with E-state index in [1.165, 1.54) is 24.2 Å². The van der Waals surface area contributed by atoms with Crippen molar-refractivity contribution in [1.82, 2.24) is 0 Å². The van der Waals surface area contributed by atoms with Crippen LogP contribution in [0.3, 0.4) is 0 Å². The zero-order valence-corrected chi connectivity index (χ0v) is 13.1. The molecule has 2 bridgehead atoms. The van der Waals surface area contributed by atoms with E-state index in [0.29, 0.717) is 16.9 Å². The van der Waals surface area contributed by atoms with Gasteiger partial charge >= 0.3 is 5.97 Å². The summed E-state index contributed by atoms with van der Waals surface area (Å²) in [5.41, 5.74) is 1.38. The number of thiophene rings is 1. The molecular formula is C16H22O3S. The number of ether oxygens (including phenoxy) is 1. The third kappa shape index (κ3) is 1.85. The number of carbonyl (C=O) groups is 1. The Morgan fingerprint density at radius 1 is 1.50 bits per heavy atom. The van der Waals surface area contributed by atoms with Gasteiger partial charge in [0.25, 0.3) is 0 Å². The first-order chi connectivity index (χ1) is 9.36. The molecule has 3 rings (SSSR count). The first-order valence-corrected chi connectivity index (χ1v) is 8.15. The minimum atomic E-state index is -0.849. The molecule has 2 fully saturated rings. The number of fused-ring (bicyclic) bond motifs is 2. The maximum Gasteiger partial charge on any atom is 0.346 e. The van der Waals surface area contributed by atoms with Gasteiger partial charge in [0.05, 0.1) is 12.7 Å². The Morgan fingerprint density at radius 3 is 2.80 bits per heavy atom. The van der Waals surface area contributed by atoms with Crippen LogP contribution in [-0.2, 0) is 11.3 Å². The smallest absolute Gasteiger partial charge is 0.346 e. The van der Waals surface area contributed by atoms with Crippen molar-refractivity contribution in [3.63, 3.8) is 0 Å². The highest BCUT2D eigenvalue weighted by Gasteiger charge is 2.61. The number of aromatic carboxylic acids is 1. The monoisotopic (exact) mass is 294 g/mol. The molecule has 0 amide bonds. The van der Waals surface area contributed by atoms with Gasteiger partial charge in [-0.05, 0) is 47.5 Å². The van der Waals surface area contributed by atoms with Crippen LogP contribution < -0.4 is 0 Å². The maximum atomic E-state index is 11.1. The van der Waals surface area contributed by atoms with Crippen LogP contribution in [0.15, 0.2) is 11.4 Å². The van der Waals surface area contributed by atoms with E-state index in [1.54, 1.807) is 0 Å². The molecule has 0 aliphatic heterocycles. The van der Waals surface area contributed by atoms with Crippen molar-refractivity contribution in [2.45, 2.75) is 52.7 Å². The van der Waals surface area contributed by atoms with Crippen LogP contribution in [0.5, 0.6) is 0 Å². The molecule has 0 spiro atoms. The lowest BCUT2D eigenvalue weighted by Gasteiger charge is -2.38. The van der Waals surface area contributed by atoms with Gasteiger partial charge in [-0.25, -0.2) is 4.79 Å². The van der Waals surface area contributed by atoms with Gasteiger partial charge in [-0.1, -0.05) is 20.8 Å². The number of rotatable bonds is 4. The zero-order chi connectivity index (χ0) is 14.5. The van der Waals surface area contributed by atoms with Gasteiger partial charge in [-0.3, -0.25) is 0 Å². The number of carboxylic acids is 1. The van der Waals surface area contributed by atoms with Gasteiger partial charge in [0.2, 0.25) is 0 Å². The highest BCUT2D eigenvalue weighted by molar-refractivity contribution is 7.12. The summed E-state index contributed by atoms with van der Waals surface area (Å²) < 4.78 is 6.15. The molecule has 1 heterocycles. The molecule has 3 unspecified atom stereocenters. The minimum absolute atomic E-state index is 0.233. The van der Waals surface area contributed by atoms with Crippen molar-refractivity contribution in [2.75, 3.05) is 0 Å². The molecule has 20 heavy (non-hydrogen) atoms. The summed E-state index contributed by atoms with van der Waals surface area (Å²) in [4.78, 5) is 11.5. The molecule has 0 saturated heterocycles. The van der Waals surface area contributed by atoms with E-state index in [2.05, 4.69) is 20.8 Å². The summed E-state index contributed by atoms with van der Waals surface area (Å²) in [6.07, 6.45) is 3.92. The van der Waals surface area contributed by atoms with Gasteiger partial charge in [-0.15, -0.1) is 11.3 Å². The fraction of sp³-hybridized carbons (Fsp3) is 0.688. The summed E-state index contributed by atoms with van der Waals surface area (Å²) in [5.74, 6) is -0.1000. The molecule has 1 aromatic rings. The lowest BCUT2D eigenvalue weighted by Crippen LogP contribution is -2.37. The van der Waals surface area contributed by atoms with Crippen molar-refractivity contribution in [3.05, 3.63) is 21.9 Å². The third-order valence-electron chi connectivity index (χ3n) is 6.09. The van der Waals surface area contributed by atoms with E-state index in [0.717, 1.165) is 17.9 Å².